The molecule has 1 aliphatic rings. The Balaban J connectivity index is 2.01. The molecule has 1 aliphatic heterocycles. The minimum atomic E-state index is 0.529. The van der Waals surface area contributed by atoms with E-state index in [2.05, 4.69) is 64.0 Å². The van der Waals surface area contributed by atoms with E-state index in [-0.39, 0.29) is 0 Å². The van der Waals surface area contributed by atoms with Crippen molar-refractivity contribution in [3.05, 3.63) is 34.3 Å². The average Bonchev–Trinajstić information content (AvgIpc) is 2.30. The van der Waals surface area contributed by atoms with Crippen LogP contribution >= 0.6 is 15.9 Å². The standard InChI is InChI=1S/C13H19BrN2/c1-11(12-3-5-13(14)6-4-12)16-9-7-15(2)8-10-16/h3-6,11H,7-10H2,1-2H3/t11-/m1/s1. The Morgan fingerprint density at radius 3 is 2.19 bits per heavy atom. The second kappa shape index (κ2) is 5.30. The van der Waals surface area contributed by atoms with E-state index < -0.39 is 0 Å². The van der Waals surface area contributed by atoms with E-state index in [4.69, 9.17) is 0 Å². The van der Waals surface area contributed by atoms with Gasteiger partial charge in [-0.1, -0.05) is 28.1 Å². The van der Waals surface area contributed by atoms with Crippen LogP contribution in [0.25, 0.3) is 0 Å². The summed E-state index contributed by atoms with van der Waals surface area (Å²) in [7, 11) is 2.20. The molecule has 0 saturated carbocycles. The first-order valence-electron chi connectivity index (χ1n) is 5.85. The van der Waals surface area contributed by atoms with Gasteiger partial charge in [-0.05, 0) is 31.7 Å². The van der Waals surface area contributed by atoms with Gasteiger partial charge in [-0.3, -0.25) is 4.90 Å². The van der Waals surface area contributed by atoms with Crippen molar-refractivity contribution in [3.63, 3.8) is 0 Å². The van der Waals surface area contributed by atoms with E-state index >= 15 is 0 Å². The lowest BCUT2D eigenvalue weighted by Gasteiger charge is -2.36. The summed E-state index contributed by atoms with van der Waals surface area (Å²) in [5.41, 5.74) is 1.41. The lowest BCUT2D eigenvalue weighted by atomic mass is 10.1. The zero-order valence-corrected chi connectivity index (χ0v) is 11.6. The van der Waals surface area contributed by atoms with Crippen molar-refractivity contribution in [2.24, 2.45) is 0 Å². The van der Waals surface area contributed by atoms with Crippen LogP contribution in [0.2, 0.25) is 0 Å². The van der Waals surface area contributed by atoms with Gasteiger partial charge in [-0.15, -0.1) is 0 Å². The van der Waals surface area contributed by atoms with E-state index in [1.165, 1.54) is 31.7 Å². The number of piperazine rings is 1. The van der Waals surface area contributed by atoms with E-state index in [0.29, 0.717) is 6.04 Å². The van der Waals surface area contributed by atoms with Gasteiger partial charge in [0.25, 0.3) is 0 Å². The molecule has 2 rings (SSSR count). The van der Waals surface area contributed by atoms with E-state index in [0.717, 1.165) is 4.47 Å². The molecule has 1 atom stereocenters. The summed E-state index contributed by atoms with van der Waals surface area (Å²) in [4.78, 5) is 4.95. The van der Waals surface area contributed by atoms with Gasteiger partial charge in [-0.25, -0.2) is 0 Å². The van der Waals surface area contributed by atoms with Gasteiger partial charge < -0.3 is 4.90 Å². The molecule has 0 radical (unpaired) electrons. The van der Waals surface area contributed by atoms with Crippen LogP contribution in [0.5, 0.6) is 0 Å². The van der Waals surface area contributed by atoms with Crippen molar-refractivity contribution in [2.45, 2.75) is 13.0 Å². The molecule has 1 heterocycles. The first kappa shape index (κ1) is 12.1. The highest BCUT2D eigenvalue weighted by Crippen LogP contribution is 2.22. The molecule has 1 aromatic rings. The highest BCUT2D eigenvalue weighted by atomic mass is 79.9. The molecule has 0 bridgehead atoms. The third-order valence-electron chi connectivity index (χ3n) is 3.44. The van der Waals surface area contributed by atoms with Crippen LogP contribution in [0, 0.1) is 0 Å². The molecular weight excluding hydrogens is 264 g/mol. The topological polar surface area (TPSA) is 6.48 Å². The highest BCUT2D eigenvalue weighted by molar-refractivity contribution is 9.10. The van der Waals surface area contributed by atoms with Gasteiger partial charge in [-0.2, -0.15) is 0 Å². The smallest absolute Gasteiger partial charge is 0.0320 e. The van der Waals surface area contributed by atoms with E-state index in [1.807, 2.05) is 0 Å². The number of hydrogen-bond acceptors (Lipinski definition) is 2. The summed E-state index contributed by atoms with van der Waals surface area (Å²) < 4.78 is 1.15. The number of likely N-dealkylation sites (N-methyl/N-ethyl adjacent to an activating group) is 1. The minimum Gasteiger partial charge on any atom is -0.304 e. The van der Waals surface area contributed by atoms with Crippen molar-refractivity contribution in [1.82, 2.24) is 9.80 Å². The Hall–Kier alpha value is -0.380. The summed E-state index contributed by atoms with van der Waals surface area (Å²) in [5.74, 6) is 0. The van der Waals surface area contributed by atoms with Crippen molar-refractivity contribution in [1.29, 1.82) is 0 Å². The predicted octanol–water partition coefficient (Wildman–Crippen LogP) is 2.76. The highest BCUT2D eigenvalue weighted by Gasteiger charge is 2.19. The van der Waals surface area contributed by atoms with Gasteiger partial charge in [0.15, 0.2) is 0 Å². The van der Waals surface area contributed by atoms with Crippen molar-refractivity contribution >= 4 is 15.9 Å². The fourth-order valence-electron chi connectivity index (χ4n) is 2.16. The molecule has 0 N–H and O–H groups in total. The van der Waals surface area contributed by atoms with Crippen LogP contribution in [-0.2, 0) is 0 Å². The Bertz CT molecular complexity index is 328. The summed E-state index contributed by atoms with van der Waals surface area (Å²) in [6, 6.07) is 9.21. The van der Waals surface area contributed by atoms with Crippen molar-refractivity contribution in [3.8, 4) is 0 Å². The van der Waals surface area contributed by atoms with Crippen LogP contribution in [0.3, 0.4) is 0 Å². The van der Waals surface area contributed by atoms with Gasteiger partial charge in [0.2, 0.25) is 0 Å². The third kappa shape index (κ3) is 2.84. The van der Waals surface area contributed by atoms with Crippen molar-refractivity contribution in [2.75, 3.05) is 33.2 Å². The predicted molar refractivity (Wildman–Crippen MR) is 71.6 cm³/mol. The Morgan fingerprint density at radius 2 is 1.62 bits per heavy atom. The molecule has 1 aromatic carbocycles. The zero-order chi connectivity index (χ0) is 11.5. The summed E-state index contributed by atoms with van der Waals surface area (Å²) in [6.45, 7) is 7.01. The molecule has 2 nitrogen and oxygen atoms in total. The van der Waals surface area contributed by atoms with Crippen LogP contribution in [0.15, 0.2) is 28.7 Å². The normalized spacial score (nSPS) is 20.9. The molecule has 1 fully saturated rings. The van der Waals surface area contributed by atoms with Crippen LogP contribution < -0.4 is 0 Å². The number of benzene rings is 1. The first-order valence-corrected chi connectivity index (χ1v) is 6.64. The summed E-state index contributed by atoms with van der Waals surface area (Å²) in [6.07, 6.45) is 0. The summed E-state index contributed by atoms with van der Waals surface area (Å²) >= 11 is 3.48. The molecule has 0 amide bonds. The summed E-state index contributed by atoms with van der Waals surface area (Å²) in [5, 5.41) is 0. The fraction of sp³-hybridized carbons (Fsp3) is 0.538. The van der Waals surface area contributed by atoms with Gasteiger partial charge in [0.05, 0.1) is 0 Å². The quantitative estimate of drug-likeness (QED) is 0.823. The lowest BCUT2D eigenvalue weighted by Crippen LogP contribution is -2.45. The Kier molecular flexibility index (Phi) is 4.00. The molecule has 0 aliphatic carbocycles. The molecular formula is C13H19BrN2. The maximum absolute atomic E-state index is 3.48. The molecule has 3 heteroatoms. The number of hydrogen-bond donors (Lipinski definition) is 0. The number of halogens is 1. The van der Waals surface area contributed by atoms with Gasteiger partial charge >= 0.3 is 0 Å². The molecule has 0 aromatic heterocycles. The number of nitrogens with zero attached hydrogens (tertiary/aromatic N) is 2. The zero-order valence-electron chi connectivity index (χ0n) is 9.99. The first-order chi connectivity index (χ1) is 7.66. The average molecular weight is 283 g/mol. The maximum atomic E-state index is 3.48. The lowest BCUT2D eigenvalue weighted by molar-refractivity contribution is 0.119. The Morgan fingerprint density at radius 1 is 1.06 bits per heavy atom. The van der Waals surface area contributed by atoms with Crippen LogP contribution in [0.4, 0.5) is 0 Å². The van der Waals surface area contributed by atoms with Gasteiger partial charge in [0, 0.05) is 36.7 Å². The molecule has 0 unspecified atom stereocenters. The molecule has 1 saturated heterocycles. The molecule has 0 spiro atoms. The van der Waals surface area contributed by atoms with Crippen molar-refractivity contribution < 1.29 is 0 Å². The monoisotopic (exact) mass is 282 g/mol. The molecule has 16 heavy (non-hydrogen) atoms. The second-order valence-corrected chi connectivity index (χ2v) is 5.48. The van der Waals surface area contributed by atoms with Crippen LogP contribution in [-0.4, -0.2) is 43.0 Å². The SMILES string of the molecule is C[C@H](c1ccc(Br)cc1)N1CCN(C)CC1. The maximum Gasteiger partial charge on any atom is 0.0320 e. The second-order valence-electron chi connectivity index (χ2n) is 4.57. The third-order valence-corrected chi connectivity index (χ3v) is 3.97. The minimum absolute atomic E-state index is 0.529. The Labute approximate surface area is 106 Å². The van der Waals surface area contributed by atoms with E-state index in [1.54, 1.807) is 0 Å². The fourth-order valence-corrected chi connectivity index (χ4v) is 2.43. The number of rotatable bonds is 2. The van der Waals surface area contributed by atoms with Crippen LogP contribution in [0.1, 0.15) is 18.5 Å². The largest absolute Gasteiger partial charge is 0.304 e. The molecule has 88 valence electrons. The van der Waals surface area contributed by atoms with E-state index in [9.17, 15) is 0 Å². The van der Waals surface area contributed by atoms with Gasteiger partial charge in [0.1, 0.15) is 0 Å².